The van der Waals surface area contributed by atoms with E-state index in [1.807, 2.05) is 83.6 Å². The molecule has 484 valence electrons. The van der Waals surface area contributed by atoms with Gasteiger partial charge in [-0.25, -0.2) is 9.59 Å². The molecule has 4 atom stereocenters. The number of piperidine rings is 6. The lowest BCUT2D eigenvalue weighted by molar-refractivity contribution is -0.946. The molecule has 4 N–H and O–H groups in total. The Hall–Kier alpha value is -6.32. The Morgan fingerprint density at radius 2 is 0.852 bits per heavy atom. The summed E-state index contributed by atoms with van der Waals surface area (Å²) in [5.74, 6) is -4.85. The average Bonchev–Trinajstić information content (AvgIpc) is 1.35. The van der Waals surface area contributed by atoms with Crippen LogP contribution < -0.4 is 30.3 Å². The van der Waals surface area contributed by atoms with Gasteiger partial charge in [-0.3, -0.25) is 9.59 Å². The first-order valence-electron chi connectivity index (χ1n) is 29.9. The number of hydrogen-bond donors (Lipinski definition) is 4. The summed E-state index contributed by atoms with van der Waals surface area (Å²) < 4.78 is 89.3. The third-order valence-electron chi connectivity index (χ3n) is 17.8. The zero-order valence-electron chi connectivity index (χ0n) is 49.3. The summed E-state index contributed by atoms with van der Waals surface area (Å²) in [6, 6.07) is 22.4. The fourth-order valence-electron chi connectivity index (χ4n) is 13.3. The molecule has 4 aromatic rings. The molecular formula is C62H78F6N4O14S2. The van der Waals surface area contributed by atoms with Crippen molar-refractivity contribution in [1.82, 2.24) is 0 Å². The summed E-state index contributed by atoms with van der Waals surface area (Å²) in [6.45, 7) is 12.3. The van der Waals surface area contributed by atoms with E-state index in [1.165, 1.54) is 36.5 Å². The van der Waals surface area contributed by atoms with Crippen molar-refractivity contribution in [3.05, 3.63) is 93.3 Å². The van der Waals surface area contributed by atoms with Gasteiger partial charge >= 0.3 is 24.3 Å². The molecule has 18 nitrogen and oxygen atoms in total. The maximum atomic E-state index is 13.6. The van der Waals surface area contributed by atoms with Crippen LogP contribution in [0.3, 0.4) is 0 Å². The van der Waals surface area contributed by atoms with Crippen LogP contribution >= 0.6 is 22.7 Å². The number of halogens is 6. The monoisotopic (exact) mass is 1280 g/mol. The molecule has 8 fully saturated rings. The van der Waals surface area contributed by atoms with E-state index in [1.54, 1.807) is 0 Å². The first kappa shape index (κ1) is 69.2. The van der Waals surface area contributed by atoms with E-state index in [4.69, 9.17) is 38.7 Å². The van der Waals surface area contributed by atoms with E-state index in [2.05, 4.69) is 10.6 Å². The number of nitrogens with one attached hydrogen (secondary N) is 2. The number of rotatable bonds is 20. The lowest BCUT2D eigenvalue weighted by Crippen LogP contribution is -2.65. The average molecular weight is 1280 g/mol. The molecule has 26 heteroatoms. The number of carbonyl (C=O) groups excluding carboxylic acids is 6. The SMILES string of the molecule is CC(=O)Nc1ccc(OCCC[N+]23CCC(CC2)[C@@H](OC(=O)[C@](O)(c2cccs2)C2CCCC2)C3)cc1.CC(=O)Nc1ccc(OCCC[N+]23CCC(CC2)[C@@H](OC(=O)[C@](O)(c2cccs2)C2CCCC2)C3)cc1.O=C([O-])C(F)(F)F.O=C([O-])C(F)(F)F. The van der Waals surface area contributed by atoms with Crippen molar-refractivity contribution >= 4 is 69.7 Å². The highest BCUT2D eigenvalue weighted by Crippen LogP contribution is 2.47. The number of carboxylic acids is 2. The highest BCUT2D eigenvalue weighted by molar-refractivity contribution is 7.10. The van der Waals surface area contributed by atoms with Crippen LogP contribution in [-0.4, -0.2) is 145 Å². The van der Waals surface area contributed by atoms with Gasteiger partial charge < -0.3 is 68.6 Å². The number of ether oxygens (including phenoxy) is 4. The maximum Gasteiger partial charge on any atom is 0.430 e. The van der Waals surface area contributed by atoms with E-state index in [0.717, 1.165) is 184 Å². The Morgan fingerprint density at radius 3 is 1.12 bits per heavy atom. The number of aliphatic hydroxyl groups is 2. The zero-order chi connectivity index (χ0) is 63.9. The van der Waals surface area contributed by atoms with Gasteiger partial charge in [0.15, 0.2) is 23.4 Å². The van der Waals surface area contributed by atoms with Crippen LogP contribution in [0, 0.1) is 23.7 Å². The number of nitrogens with zero attached hydrogens (tertiary/aromatic N) is 2. The van der Waals surface area contributed by atoms with E-state index < -0.39 is 47.4 Å². The zero-order valence-corrected chi connectivity index (χ0v) is 50.9. The van der Waals surface area contributed by atoms with Gasteiger partial charge in [-0.15, -0.1) is 22.7 Å². The number of anilines is 2. The topological polar surface area (TPSA) is 250 Å². The van der Waals surface area contributed by atoms with Crippen molar-refractivity contribution < 1.29 is 103 Å². The molecule has 2 aromatic carbocycles. The molecule has 6 saturated heterocycles. The van der Waals surface area contributed by atoms with Crippen molar-refractivity contribution in [2.75, 3.05) is 76.2 Å². The van der Waals surface area contributed by atoms with Crippen molar-refractivity contribution in [3.8, 4) is 11.5 Å². The van der Waals surface area contributed by atoms with E-state index >= 15 is 0 Å². The number of carbonyl (C=O) groups is 6. The molecule has 0 radical (unpaired) electrons. The van der Waals surface area contributed by atoms with Crippen LogP contribution in [0.2, 0.25) is 0 Å². The number of carboxylic acid groups (broad SMARTS) is 2. The summed E-state index contributed by atoms with van der Waals surface area (Å²) in [7, 11) is 0. The third-order valence-corrected chi connectivity index (χ3v) is 19.8. The molecule has 0 unspecified atom stereocenters. The second kappa shape index (κ2) is 30.5. The summed E-state index contributed by atoms with van der Waals surface area (Å²) in [5.41, 5.74) is -1.53. The van der Waals surface area contributed by atoms with Gasteiger partial charge in [0.2, 0.25) is 11.8 Å². The number of benzene rings is 2. The number of thiophene rings is 2. The first-order valence-corrected chi connectivity index (χ1v) is 31.6. The second-order valence-corrected chi connectivity index (χ2v) is 25.7. The molecule has 2 aromatic heterocycles. The third kappa shape index (κ3) is 18.4. The fraction of sp³-hybridized carbons (Fsp3) is 0.581. The van der Waals surface area contributed by atoms with Gasteiger partial charge in [0.25, 0.3) is 0 Å². The molecule has 8 heterocycles. The molecule has 2 amide bonds. The fourth-order valence-corrected chi connectivity index (χ4v) is 15.0. The van der Waals surface area contributed by atoms with E-state index in [9.17, 15) is 55.7 Å². The molecule has 12 rings (SSSR count). The number of quaternary nitrogens is 2. The highest BCUT2D eigenvalue weighted by atomic mass is 32.1. The second-order valence-electron chi connectivity index (χ2n) is 23.8. The molecule has 4 bridgehead atoms. The Kier molecular flexibility index (Phi) is 23.9. The molecule has 0 spiro atoms. The predicted molar refractivity (Wildman–Crippen MR) is 309 cm³/mol. The molecule has 88 heavy (non-hydrogen) atoms. The molecule has 8 aliphatic rings. The maximum absolute atomic E-state index is 13.6. The summed E-state index contributed by atoms with van der Waals surface area (Å²) in [4.78, 5) is 68.5. The van der Waals surface area contributed by atoms with E-state index in [0.29, 0.717) is 25.0 Å². The van der Waals surface area contributed by atoms with Crippen LogP contribution in [0.1, 0.15) is 113 Å². The number of amides is 2. The van der Waals surface area contributed by atoms with Gasteiger partial charge in [-0.1, -0.05) is 37.8 Å². The number of esters is 2. The molecule has 2 saturated carbocycles. The standard InChI is InChI=1S/2C29H38N2O5S.2C2HF3O2/c2*1-21(32)30-24-9-11-25(12-10-24)35-18-5-15-31-16-13-22(14-17-31)26(20-31)36-28(33)29(34,23-6-2-3-7-23)27-8-4-19-37-27;2*3-2(4,5)1(6)7/h2*4,8-12,19,22-23,26,34H,2-3,5-7,13-18,20H2,1H3;2*(H,6,7)/t2*22?,26-,29+,31?;;/m00../s1. The van der Waals surface area contributed by atoms with Crippen molar-refractivity contribution in [2.24, 2.45) is 23.7 Å². The number of fused-ring (bicyclic) bond motifs is 6. The highest BCUT2D eigenvalue weighted by Gasteiger charge is 2.55. The Balaban J connectivity index is 0.000000206. The summed E-state index contributed by atoms with van der Waals surface area (Å²) in [5, 5.41) is 50.4. The van der Waals surface area contributed by atoms with Gasteiger partial charge in [-0.2, -0.15) is 26.3 Å². The van der Waals surface area contributed by atoms with Crippen LogP contribution in [0.4, 0.5) is 37.7 Å². The molecule has 2 aliphatic carbocycles. The Bertz CT molecular complexity index is 2710. The van der Waals surface area contributed by atoms with Crippen molar-refractivity contribution in [2.45, 2.75) is 140 Å². The number of alkyl halides is 6. The van der Waals surface area contributed by atoms with Gasteiger partial charge in [0, 0.05) is 97.2 Å². The lowest BCUT2D eigenvalue weighted by Gasteiger charge is -2.52. The Morgan fingerprint density at radius 1 is 0.534 bits per heavy atom. The predicted octanol–water partition coefficient (Wildman–Crippen LogP) is 8.01. The first-order chi connectivity index (χ1) is 41.6. The largest absolute Gasteiger partial charge is 0.542 e. The van der Waals surface area contributed by atoms with Crippen LogP contribution in [-0.2, 0) is 49.4 Å². The minimum absolute atomic E-state index is 0.0627. The number of aliphatic carboxylic acids is 2. The van der Waals surface area contributed by atoms with Gasteiger partial charge in [0.05, 0.1) is 52.5 Å². The summed E-state index contributed by atoms with van der Waals surface area (Å²) >= 11 is 2.90. The molecule has 6 aliphatic heterocycles. The minimum atomic E-state index is -5.19. The smallest absolute Gasteiger partial charge is 0.430 e. The Labute approximate surface area is 515 Å². The number of hydrogen-bond acceptors (Lipinski definition) is 16. The van der Waals surface area contributed by atoms with Crippen molar-refractivity contribution in [3.63, 3.8) is 0 Å². The van der Waals surface area contributed by atoms with E-state index in [-0.39, 0.29) is 35.9 Å². The van der Waals surface area contributed by atoms with Gasteiger partial charge in [0.1, 0.15) is 36.5 Å². The van der Waals surface area contributed by atoms with Crippen LogP contribution in [0.25, 0.3) is 0 Å². The summed E-state index contributed by atoms with van der Waals surface area (Å²) in [6.07, 6.45) is 3.11. The van der Waals surface area contributed by atoms with Gasteiger partial charge in [-0.05, 0) is 97.1 Å². The van der Waals surface area contributed by atoms with Crippen molar-refractivity contribution in [1.29, 1.82) is 0 Å². The van der Waals surface area contributed by atoms with Crippen LogP contribution in [0.5, 0.6) is 11.5 Å². The molecular weight excluding hydrogens is 1200 g/mol. The van der Waals surface area contributed by atoms with Crippen LogP contribution in [0.15, 0.2) is 83.6 Å². The minimum Gasteiger partial charge on any atom is -0.542 e. The quantitative estimate of drug-likeness (QED) is 0.0283. The normalized spacial score (nSPS) is 24.5. The lowest BCUT2D eigenvalue weighted by atomic mass is 9.82.